The van der Waals surface area contributed by atoms with E-state index in [0.29, 0.717) is 0 Å². The zero-order valence-electron chi connectivity index (χ0n) is 11.5. The lowest BCUT2D eigenvalue weighted by Gasteiger charge is -2.20. The van der Waals surface area contributed by atoms with E-state index in [2.05, 4.69) is 5.32 Å². The highest BCUT2D eigenvalue weighted by Crippen LogP contribution is 2.21. The molecule has 2 aromatic rings. The van der Waals surface area contributed by atoms with Gasteiger partial charge in [0.05, 0.1) is 6.04 Å². The number of benzene rings is 2. The molecule has 0 aliphatic rings. The molecule has 1 amide bonds. The molecular weight excluding hydrogens is 266 g/mol. The Morgan fingerprint density at radius 3 is 1.76 bits per heavy atom. The van der Waals surface area contributed by atoms with E-state index >= 15 is 0 Å². The second-order valence-corrected chi connectivity index (χ2v) is 4.69. The Morgan fingerprint density at radius 1 is 0.857 bits per heavy atom. The minimum Gasteiger partial charge on any atom is -0.550 e. The van der Waals surface area contributed by atoms with Gasteiger partial charge in [-0.3, -0.25) is 4.79 Å². The largest absolute Gasteiger partial charge is 0.550 e. The van der Waals surface area contributed by atoms with Gasteiger partial charge in [-0.05, 0) is 17.5 Å². The molecule has 2 rings (SSSR count). The summed E-state index contributed by atoms with van der Waals surface area (Å²) in [4.78, 5) is 22.3. The number of carboxylic acid groups (broad SMARTS) is 1. The number of amides is 1. The summed E-state index contributed by atoms with van der Waals surface area (Å²) in [5, 5.41) is 13.3. The fourth-order valence-corrected chi connectivity index (χ4v) is 2.10. The smallest absolute Gasteiger partial charge is 0.221 e. The Balaban J connectivity index is 2.17. The van der Waals surface area contributed by atoms with E-state index in [1.807, 2.05) is 60.7 Å². The maximum absolute atomic E-state index is 11.9. The first-order chi connectivity index (χ1) is 10.2. The second-order valence-electron chi connectivity index (χ2n) is 4.69. The summed E-state index contributed by atoms with van der Waals surface area (Å²) in [6, 6.07) is 18.8. The average Bonchev–Trinajstić information content (AvgIpc) is 2.52. The van der Waals surface area contributed by atoms with Gasteiger partial charge < -0.3 is 15.2 Å². The quantitative estimate of drug-likeness (QED) is 0.871. The summed E-state index contributed by atoms with van der Waals surface area (Å²) >= 11 is 0. The molecule has 0 unspecified atom stereocenters. The van der Waals surface area contributed by atoms with E-state index in [-0.39, 0.29) is 24.8 Å². The van der Waals surface area contributed by atoms with Crippen LogP contribution in [0.3, 0.4) is 0 Å². The molecule has 2 aromatic carbocycles. The number of aliphatic carboxylic acids is 1. The molecule has 4 heteroatoms. The molecule has 0 bridgehead atoms. The van der Waals surface area contributed by atoms with Crippen LogP contribution in [0.15, 0.2) is 60.7 Å². The van der Waals surface area contributed by atoms with Crippen LogP contribution in [0.4, 0.5) is 0 Å². The van der Waals surface area contributed by atoms with E-state index in [1.165, 1.54) is 0 Å². The fourth-order valence-electron chi connectivity index (χ4n) is 2.10. The first-order valence-corrected chi connectivity index (χ1v) is 6.76. The lowest BCUT2D eigenvalue weighted by Crippen LogP contribution is -2.31. The zero-order valence-corrected chi connectivity index (χ0v) is 11.5. The summed E-state index contributed by atoms with van der Waals surface area (Å²) in [5.41, 5.74) is 1.90. The van der Waals surface area contributed by atoms with Crippen LogP contribution in [0.25, 0.3) is 0 Å². The summed E-state index contributed by atoms with van der Waals surface area (Å²) in [7, 11) is 0. The number of carbonyl (C=O) groups is 2. The minimum absolute atomic E-state index is 0.0848. The van der Waals surface area contributed by atoms with Crippen molar-refractivity contribution < 1.29 is 14.7 Å². The predicted octanol–water partition coefficient (Wildman–Crippen LogP) is 1.42. The van der Waals surface area contributed by atoms with Gasteiger partial charge in [-0.2, -0.15) is 0 Å². The van der Waals surface area contributed by atoms with Gasteiger partial charge in [0.2, 0.25) is 5.91 Å². The Hall–Kier alpha value is -2.62. The number of carboxylic acids is 1. The molecule has 0 saturated carbocycles. The molecule has 0 atom stereocenters. The third-order valence-corrected chi connectivity index (χ3v) is 3.13. The molecule has 0 aliphatic carbocycles. The molecule has 0 fully saturated rings. The van der Waals surface area contributed by atoms with Crippen LogP contribution in [0.2, 0.25) is 0 Å². The Kier molecular flexibility index (Phi) is 5.10. The molecule has 4 nitrogen and oxygen atoms in total. The van der Waals surface area contributed by atoms with Crippen LogP contribution in [-0.4, -0.2) is 11.9 Å². The van der Waals surface area contributed by atoms with Crippen molar-refractivity contribution in [3.8, 4) is 0 Å². The van der Waals surface area contributed by atoms with Crippen molar-refractivity contribution in [1.29, 1.82) is 0 Å². The first kappa shape index (κ1) is 14.8. The maximum Gasteiger partial charge on any atom is 0.221 e. The topological polar surface area (TPSA) is 69.2 Å². The molecule has 0 saturated heterocycles. The molecule has 21 heavy (non-hydrogen) atoms. The number of rotatable bonds is 6. The maximum atomic E-state index is 11.9. The van der Waals surface area contributed by atoms with Gasteiger partial charge in [-0.1, -0.05) is 60.7 Å². The van der Waals surface area contributed by atoms with Crippen LogP contribution >= 0.6 is 0 Å². The Labute approximate surface area is 123 Å². The van der Waals surface area contributed by atoms with Gasteiger partial charge in [-0.25, -0.2) is 0 Å². The summed E-state index contributed by atoms with van der Waals surface area (Å²) in [5.74, 6) is -1.53. The van der Waals surface area contributed by atoms with E-state index in [0.717, 1.165) is 11.1 Å². The highest BCUT2D eigenvalue weighted by atomic mass is 16.4. The molecule has 0 aliphatic heterocycles. The standard InChI is InChI=1S/C17H17NO3/c19-15(11-12-16(20)21)18-17(13-7-3-1-4-8-13)14-9-5-2-6-10-14/h1-10,17H,11-12H2,(H,18,19)(H,20,21)/p-1. The number of nitrogens with one attached hydrogen (secondary N) is 1. The van der Waals surface area contributed by atoms with Gasteiger partial charge >= 0.3 is 0 Å². The van der Waals surface area contributed by atoms with Crippen molar-refractivity contribution in [3.63, 3.8) is 0 Å². The van der Waals surface area contributed by atoms with Crippen LogP contribution in [0, 0.1) is 0 Å². The van der Waals surface area contributed by atoms with E-state index in [4.69, 9.17) is 0 Å². The normalized spacial score (nSPS) is 10.3. The van der Waals surface area contributed by atoms with Crippen molar-refractivity contribution in [2.75, 3.05) is 0 Å². The molecule has 108 valence electrons. The monoisotopic (exact) mass is 282 g/mol. The summed E-state index contributed by atoms with van der Waals surface area (Å²) in [6.45, 7) is 0. The van der Waals surface area contributed by atoms with Crippen LogP contribution in [0.1, 0.15) is 30.0 Å². The van der Waals surface area contributed by atoms with E-state index in [9.17, 15) is 14.7 Å². The van der Waals surface area contributed by atoms with Crippen LogP contribution < -0.4 is 10.4 Å². The second kappa shape index (κ2) is 7.24. The van der Waals surface area contributed by atoms with Crippen molar-refractivity contribution in [2.24, 2.45) is 0 Å². The van der Waals surface area contributed by atoms with E-state index < -0.39 is 5.97 Å². The average molecular weight is 282 g/mol. The van der Waals surface area contributed by atoms with Gasteiger partial charge in [0, 0.05) is 12.4 Å². The third kappa shape index (κ3) is 4.45. The van der Waals surface area contributed by atoms with Crippen molar-refractivity contribution in [2.45, 2.75) is 18.9 Å². The molecule has 0 radical (unpaired) electrons. The van der Waals surface area contributed by atoms with Crippen LogP contribution in [0.5, 0.6) is 0 Å². The third-order valence-electron chi connectivity index (χ3n) is 3.13. The molecule has 0 spiro atoms. The summed E-state index contributed by atoms with van der Waals surface area (Å²) < 4.78 is 0. The van der Waals surface area contributed by atoms with Gasteiger partial charge in [0.25, 0.3) is 0 Å². The molecule has 0 aromatic heterocycles. The number of hydrogen-bond acceptors (Lipinski definition) is 3. The van der Waals surface area contributed by atoms with Gasteiger partial charge in [0.1, 0.15) is 0 Å². The van der Waals surface area contributed by atoms with Gasteiger partial charge in [0.15, 0.2) is 0 Å². The zero-order chi connectivity index (χ0) is 15.1. The fraction of sp³-hybridized carbons (Fsp3) is 0.176. The predicted molar refractivity (Wildman–Crippen MR) is 77.1 cm³/mol. The van der Waals surface area contributed by atoms with Gasteiger partial charge in [-0.15, -0.1) is 0 Å². The van der Waals surface area contributed by atoms with Crippen molar-refractivity contribution >= 4 is 11.9 Å². The van der Waals surface area contributed by atoms with E-state index in [1.54, 1.807) is 0 Å². The number of carbonyl (C=O) groups excluding carboxylic acids is 2. The first-order valence-electron chi connectivity index (χ1n) is 6.76. The highest BCUT2D eigenvalue weighted by molar-refractivity contribution is 5.80. The molecular formula is C17H16NO3-. The lowest BCUT2D eigenvalue weighted by atomic mass is 9.98. The Morgan fingerprint density at radius 2 is 1.33 bits per heavy atom. The molecule has 0 heterocycles. The van der Waals surface area contributed by atoms with Crippen molar-refractivity contribution in [1.82, 2.24) is 5.32 Å². The lowest BCUT2D eigenvalue weighted by molar-refractivity contribution is -0.305. The van der Waals surface area contributed by atoms with Crippen LogP contribution in [-0.2, 0) is 9.59 Å². The molecule has 1 N–H and O–H groups in total. The highest BCUT2D eigenvalue weighted by Gasteiger charge is 2.16. The SMILES string of the molecule is O=C([O-])CCC(=O)NC(c1ccccc1)c1ccccc1. The number of hydrogen-bond donors (Lipinski definition) is 1. The van der Waals surface area contributed by atoms with Crippen molar-refractivity contribution in [3.05, 3.63) is 71.8 Å². The summed E-state index contributed by atoms with van der Waals surface area (Å²) in [6.07, 6.45) is -0.360. The minimum atomic E-state index is -1.22. The Bertz CT molecular complexity index is 556.